The Morgan fingerprint density at radius 2 is 1.94 bits per heavy atom. The van der Waals surface area contributed by atoms with E-state index in [2.05, 4.69) is 22.1 Å². The number of likely N-dealkylation sites (tertiary alicyclic amines) is 1. The number of hydrogen-bond acceptors (Lipinski definition) is 3. The fourth-order valence-corrected chi connectivity index (χ4v) is 2.41. The van der Waals surface area contributed by atoms with E-state index in [1.54, 1.807) is 0 Å². The molecule has 0 aliphatic carbocycles. The first-order valence-electron chi connectivity index (χ1n) is 6.71. The third-order valence-electron chi connectivity index (χ3n) is 3.35. The van der Waals surface area contributed by atoms with Crippen LogP contribution in [0.4, 0.5) is 5.69 Å². The zero-order valence-corrected chi connectivity index (χ0v) is 10.7. The Morgan fingerprint density at radius 3 is 2.65 bits per heavy atom. The van der Waals surface area contributed by atoms with Crippen molar-refractivity contribution in [3.63, 3.8) is 0 Å². The lowest BCUT2D eigenvalue weighted by atomic mass is 10.1. The summed E-state index contributed by atoms with van der Waals surface area (Å²) >= 11 is 0. The van der Waals surface area contributed by atoms with Crippen molar-refractivity contribution in [2.45, 2.75) is 26.2 Å². The molecule has 0 amide bonds. The van der Waals surface area contributed by atoms with Crippen molar-refractivity contribution in [2.75, 3.05) is 31.5 Å². The Bertz CT molecular complexity index is 307. The van der Waals surface area contributed by atoms with E-state index < -0.39 is 0 Å². The van der Waals surface area contributed by atoms with Gasteiger partial charge in [0.25, 0.3) is 0 Å². The number of nitrogens with zero attached hydrogens (tertiary/aromatic N) is 2. The van der Waals surface area contributed by atoms with Gasteiger partial charge in [0, 0.05) is 31.2 Å². The van der Waals surface area contributed by atoms with E-state index in [1.807, 2.05) is 24.5 Å². The molecule has 2 heterocycles. The molecule has 1 aromatic rings. The lowest BCUT2D eigenvalue weighted by molar-refractivity contribution is 0.204. The topological polar surface area (TPSA) is 28.2 Å². The van der Waals surface area contributed by atoms with Gasteiger partial charge in [0.1, 0.15) is 0 Å². The third-order valence-corrected chi connectivity index (χ3v) is 3.35. The van der Waals surface area contributed by atoms with E-state index in [1.165, 1.54) is 44.6 Å². The lowest BCUT2D eigenvalue weighted by Gasteiger charge is -2.29. The van der Waals surface area contributed by atoms with Crippen LogP contribution < -0.4 is 5.32 Å². The predicted molar refractivity (Wildman–Crippen MR) is 72.2 cm³/mol. The number of hydrogen-bond donors (Lipinski definition) is 1. The number of anilines is 1. The molecule has 1 saturated heterocycles. The second kappa shape index (κ2) is 6.60. The first-order chi connectivity index (χ1) is 8.34. The van der Waals surface area contributed by atoms with Gasteiger partial charge in [0.2, 0.25) is 0 Å². The first-order valence-corrected chi connectivity index (χ1v) is 6.71. The second-order valence-corrected chi connectivity index (χ2v) is 5.08. The summed E-state index contributed by atoms with van der Waals surface area (Å²) in [5, 5.41) is 3.47. The Kier molecular flexibility index (Phi) is 4.80. The second-order valence-electron chi connectivity index (χ2n) is 5.08. The molecule has 94 valence electrons. The number of pyridine rings is 1. The fraction of sp³-hybridized carbons (Fsp3) is 0.643. The molecule has 1 aliphatic heterocycles. The summed E-state index contributed by atoms with van der Waals surface area (Å²) in [5.74, 6) is 0.696. The summed E-state index contributed by atoms with van der Waals surface area (Å²) in [6.07, 6.45) is 7.84. The van der Waals surface area contributed by atoms with E-state index in [4.69, 9.17) is 0 Å². The molecule has 1 fully saturated rings. The molecule has 0 spiro atoms. The largest absolute Gasteiger partial charge is 0.385 e. The van der Waals surface area contributed by atoms with Gasteiger partial charge < -0.3 is 10.2 Å². The van der Waals surface area contributed by atoms with E-state index in [0.29, 0.717) is 5.92 Å². The monoisotopic (exact) mass is 233 g/mol. The molecule has 1 unspecified atom stereocenters. The highest BCUT2D eigenvalue weighted by Crippen LogP contribution is 2.11. The highest BCUT2D eigenvalue weighted by Gasteiger charge is 2.12. The molecular formula is C14H23N3. The molecule has 0 saturated carbocycles. The Balaban J connectivity index is 1.68. The number of aromatic nitrogens is 1. The van der Waals surface area contributed by atoms with Crippen LogP contribution in [0, 0.1) is 5.92 Å². The maximum Gasteiger partial charge on any atom is 0.0371 e. The SMILES string of the molecule is CC(CNc1ccncc1)CN1CCCCC1. The van der Waals surface area contributed by atoms with Crippen LogP contribution in [-0.4, -0.2) is 36.1 Å². The zero-order valence-electron chi connectivity index (χ0n) is 10.7. The maximum absolute atomic E-state index is 4.02. The molecule has 0 radical (unpaired) electrons. The molecule has 1 aromatic heterocycles. The van der Waals surface area contributed by atoms with E-state index >= 15 is 0 Å². The van der Waals surface area contributed by atoms with Gasteiger partial charge in [-0.1, -0.05) is 13.3 Å². The molecule has 0 bridgehead atoms. The van der Waals surface area contributed by atoms with Crippen LogP contribution in [0.15, 0.2) is 24.5 Å². The normalized spacial score (nSPS) is 18.9. The molecule has 17 heavy (non-hydrogen) atoms. The van der Waals surface area contributed by atoms with Crippen molar-refractivity contribution >= 4 is 5.69 Å². The minimum absolute atomic E-state index is 0.696. The quantitative estimate of drug-likeness (QED) is 0.847. The first kappa shape index (κ1) is 12.4. The maximum atomic E-state index is 4.02. The van der Waals surface area contributed by atoms with Crippen LogP contribution >= 0.6 is 0 Å². The minimum atomic E-state index is 0.696. The highest BCUT2D eigenvalue weighted by atomic mass is 15.1. The Labute approximate surface area is 104 Å². The average molecular weight is 233 g/mol. The number of piperidine rings is 1. The third kappa shape index (κ3) is 4.35. The van der Waals surface area contributed by atoms with Crippen LogP contribution in [0.5, 0.6) is 0 Å². The van der Waals surface area contributed by atoms with Gasteiger partial charge >= 0.3 is 0 Å². The summed E-state index contributed by atoms with van der Waals surface area (Å²) in [6.45, 7) is 7.17. The average Bonchev–Trinajstić information content (AvgIpc) is 2.39. The van der Waals surface area contributed by atoms with Crippen molar-refractivity contribution < 1.29 is 0 Å². The van der Waals surface area contributed by atoms with Crippen LogP contribution in [0.3, 0.4) is 0 Å². The predicted octanol–water partition coefficient (Wildman–Crippen LogP) is 2.62. The van der Waals surface area contributed by atoms with Crippen LogP contribution in [0.1, 0.15) is 26.2 Å². The Morgan fingerprint density at radius 1 is 1.24 bits per heavy atom. The van der Waals surface area contributed by atoms with E-state index in [-0.39, 0.29) is 0 Å². The van der Waals surface area contributed by atoms with Crippen molar-refractivity contribution in [3.8, 4) is 0 Å². The molecule has 1 atom stereocenters. The van der Waals surface area contributed by atoms with E-state index in [9.17, 15) is 0 Å². The summed E-state index contributed by atoms with van der Waals surface area (Å²) in [7, 11) is 0. The van der Waals surface area contributed by atoms with Gasteiger partial charge in [-0.05, 0) is 44.0 Å². The summed E-state index contributed by atoms with van der Waals surface area (Å²) in [5.41, 5.74) is 1.17. The van der Waals surface area contributed by atoms with Crippen LogP contribution in [-0.2, 0) is 0 Å². The molecule has 1 N–H and O–H groups in total. The highest BCUT2D eigenvalue weighted by molar-refractivity contribution is 5.40. The standard InChI is InChI=1S/C14H23N3/c1-13(12-17-9-3-2-4-10-17)11-16-14-5-7-15-8-6-14/h5-8,13H,2-4,9-12H2,1H3,(H,15,16). The van der Waals surface area contributed by atoms with Gasteiger partial charge in [-0.25, -0.2) is 0 Å². The van der Waals surface area contributed by atoms with Gasteiger partial charge in [-0.3, -0.25) is 4.98 Å². The molecular weight excluding hydrogens is 210 g/mol. The van der Waals surface area contributed by atoms with Crippen molar-refractivity contribution in [1.29, 1.82) is 0 Å². The minimum Gasteiger partial charge on any atom is -0.385 e. The van der Waals surface area contributed by atoms with Gasteiger partial charge in [0.15, 0.2) is 0 Å². The summed E-state index contributed by atoms with van der Waals surface area (Å²) in [6, 6.07) is 4.04. The number of rotatable bonds is 5. The van der Waals surface area contributed by atoms with E-state index in [0.717, 1.165) is 6.54 Å². The Hall–Kier alpha value is -1.09. The van der Waals surface area contributed by atoms with Gasteiger partial charge in [-0.15, -0.1) is 0 Å². The molecule has 1 aliphatic rings. The molecule has 3 heteroatoms. The van der Waals surface area contributed by atoms with Gasteiger partial charge in [0.05, 0.1) is 0 Å². The van der Waals surface area contributed by atoms with Gasteiger partial charge in [-0.2, -0.15) is 0 Å². The molecule has 0 aromatic carbocycles. The molecule has 2 rings (SSSR count). The lowest BCUT2D eigenvalue weighted by Crippen LogP contribution is -2.35. The summed E-state index contributed by atoms with van der Waals surface area (Å²) < 4.78 is 0. The van der Waals surface area contributed by atoms with Crippen molar-refractivity contribution in [3.05, 3.63) is 24.5 Å². The van der Waals surface area contributed by atoms with Crippen molar-refractivity contribution in [1.82, 2.24) is 9.88 Å². The van der Waals surface area contributed by atoms with Crippen molar-refractivity contribution in [2.24, 2.45) is 5.92 Å². The summed E-state index contributed by atoms with van der Waals surface area (Å²) in [4.78, 5) is 6.62. The number of nitrogens with one attached hydrogen (secondary N) is 1. The van der Waals surface area contributed by atoms with Crippen LogP contribution in [0.25, 0.3) is 0 Å². The zero-order chi connectivity index (χ0) is 11.9. The molecule has 3 nitrogen and oxygen atoms in total. The smallest absolute Gasteiger partial charge is 0.0371 e. The fourth-order valence-electron chi connectivity index (χ4n) is 2.41. The van der Waals surface area contributed by atoms with Crippen LogP contribution in [0.2, 0.25) is 0 Å².